The first-order chi connectivity index (χ1) is 14.2. The van der Waals surface area contributed by atoms with Crippen molar-refractivity contribution in [3.63, 3.8) is 0 Å². The Kier molecular flexibility index (Phi) is 5.04. The van der Waals surface area contributed by atoms with E-state index in [0.29, 0.717) is 0 Å². The summed E-state index contributed by atoms with van der Waals surface area (Å²) in [7, 11) is 0. The Morgan fingerprint density at radius 2 is 2.21 bits per heavy atom. The van der Waals surface area contributed by atoms with Crippen molar-refractivity contribution in [3.8, 4) is 5.75 Å². The highest BCUT2D eigenvalue weighted by Gasteiger charge is 2.58. The molecule has 5 rings (SSSR count). The summed E-state index contributed by atoms with van der Waals surface area (Å²) in [5.74, 6) is 1.56. The molecule has 3 heterocycles. The van der Waals surface area contributed by atoms with Crippen molar-refractivity contribution in [2.24, 2.45) is 11.3 Å². The molecule has 2 aliphatic heterocycles. The molecule has 2 aromatic rings. The normalized spacial score (nSPS) is 22.3. The molecule has 6 nitrogen and oxygen atoms in total. The van der Waals surface area contributed by atoms with Crippen LogP contribution in [-0.4, -0.2) is 46.6 Å². The van der Waals surface area contributed by atoms with Crippen LogP contribution in [0.25, 0.3) is 0 Å². The van der Waals surface area contributed by atoms with Crippen LogP contribution in [0.2, 0.25) is 0 Å². The van der Waals surface area contributed by atoms with Crippen molar-refractivity contribution >= 4 is 5.91 Å². The summed E-state index contributed by atoms with van der Waals surface area (Å²) < 4.78 is 7.66. The summed E-state index contributed by atoms with van der Waals surface area (Å²) in [6.07, 6.45) is 10.9. The molecule has 0 bridgehead atoms. The molecule has 1 saturated heterocycles. The molecule has 1 unspecified atom stereocenters. The number of nitrogens with one attached hydrogen (secondary N) is 1. The van der Waals surface area contributed by atoms with Gasteiger partial charge in [0.2, 0.25) is 5.91 Å². The maximum atomic E-state index is 12.6. The lowest BCUT2D eigenvalue weighted by Crippen LogP contribution is -2.37. The molecular weight excluding hydrogens is 364 g/mol. The lowest BCUT2D eigenvalue weighted by atomic mass is 9.90. The summed E-state index contributed by atoms with van der Waals surface area (Å²) in [6, 6.07) is 6.63. The van der Waals surface area contributed by atoms with E-state index >= 15 is 0 Å². The molecule has 1 aromatic carbocycles. The molecule has 0 radical (unpaired) electrons. The number of hydrogen-bond donors (Lipinski definition) is 1. The fourth-order valence-corrected chi connectivity index (χ4v) is 5.04. The van der Waals surface area contributed by atoms with E-state index < -0.39 is 0 Å². The Labute approximate surface area is 172 Å². The molecule has 2 fully saturated rings. The SMILES string of the molecule is O=C(NCCCn1ccnc1)C1CC12CCN(Cc1ccc3c(c1)CCO3)CC2. The fraction of sp³-hybridized carbons (Fsp3) is 0.565. The molecular formula is C23H30N4O2. The number of benzene rings is 1. The highest BCUT2D eigenvalue weighted by Crippen LogP contribution is 2.59. The van der Waals surface area contributed by atoms with Gasteiger partial charge in [-0.25, -0.2) is 4.98 Å². The van der Waals surface area contributed by atoms with Gasteiger partial charge in [-0.05, 0) is 61.4 Å². The van der Waals surface area contributed by atoms with Crippen LogP contribution in [0.1, 0.15) is 36.8 Å². The van der Waals surface area contributed by atoms with E-state index in [4.69, 9.17) is 4.74 Å². The highest BCUT2D eigenvalue weighted by atomic mass is 16.5. The maximum Gasteiger partial charge on any atom is 0.223 e. The Bertz CT molecular complexity index is 856. The van der Waals surface area contributed by atoms with Crippen molar-refractivity contribution in [2.75, 3.05) is 26.2 Å². The number of aromatic nitrogens is 2. The molecule has 1 aliphatic carbocycles. The molecule has 3 aliphatic rings. The zero-order chi connectivity index (χ0) is 19.7. The average Bonchev–Trinajstić information content (AvgIpc) is 3.09. The van der Waals surface area contributed by atoms with E-state index in [0.717, 1.165) is 77.2 Å². The highest BCUT2D eigenvalue weighted by molar-refractivity contribution is 5.82. The van der Waals surface area contributed by atoms with Crippen LogP contribution in [0.15, 0.2) is 36.9 Å². The molecule has 1 atom stereocenters. The van der Waals surface area contributed by atoms with Crippen LogP contribution in [0.5, 0.6) is 5.75 Å². The number of carbonyl (C=O) groups excluding carboxylic acids is 1. The fourth-order valence-electron chi connectivity index (χ4n) is 5.04. The van der Waals surface area contributed by atoms with Crippen molar-refractivity contribution in [1.29, 1.82) is 0 Å². The molecule has 6 heteroatoms. The van der Waals surface area contributed by atoms with Gasteiger partial charge in [-0.15, -0.1) is 0 Å². The third kappa shape index (κ3) is 4.04. The molecule has 1 saturated carbocycles. The molecule has 1 spiro atoms. The Morgan fingerprint density at radius 1 is 1.31 bits per heavy atom. The minimum Gasteiger partial charge on any atom is -0.493 e. The molecule has 29 heavy (non-hydrogen) atoms. The first-order valence-electron chi connectivity index (χ1n) is 10.9. The van der Waals surface area contributed by atoms with E-state index in [2.05, 4.69) is 38.0 Å². The van der Waals surface area contributed by atoms with Crippen LogP contribution in [0, 0.1) is 11.3 Å². The Balaban J connectivity index is 1.05. The van der Waals surface area contributed by atoms with Gasteiger partial charge in [0, 0.05) is 44.4 Å². The summed E-state index contributed by atoms with van der Waals surface area (Å²) in [5, 5.41) is 3.16. The van der Waals surface area contributed by atoms with Gasteiger partial charge in [-0.2, -0.15) is 0 Å². The molecule has 1 amide bonds. The summed E-state index contributed by atoms with van der Waals surface area (Å²) in [6.45, 7) is 5.67. The van der Waals surface area contributed by atoms with Gasteiger partial charge in [0.05, 0.1) is 12.9 Å². The number of hydrogen-bond acceptors (Lipinski definition) is 4. The summed E-state index contributed by atoms with van der Waals surface area (Å²) in [4.78, 5) is 19.2. The van der Waals surface area contributed by atoms with Crippen molar-refractivity contribution in [1.82, 2.24) is 19.8 Å². The number of nitrogens with zero attached hydrogens (tertiary/aromatic N) is 3. The molecule has 154 valence electrons. The van der Waals surface area contributed by atoms with E-state index in [1.165, 1.54) is 11.1 Å². The number of carbonyl (C=O) groups is 1. The topological polar surface area (TPSA) is 59.4 Å². The zero-order valence-corrected chi connectivity index (χ0v) is 17.0. The monoisotopic (exact) mass is 394 g/mol. The van der Waals surface area contributed by atoms with Gasteiger partial charge >= 0.3 is 0 Å². The molecule has 1 N–H and O–H groups in total. The van der Waals surface area contributed by atoms with Gasteiger partial charge < -0.3 is 14.6 Å². The van der Waals surface area contributed by atoms with Gasteiger partial charge in [-0.3, -0.25) is 9.69 Å². The predicted octanol–water partition coefficient (Wildman–Crippen LogP) is 2.63. The second-order valence-electron chi connectivity index (χ2n) is 8.88. The van der Waals surface area contributed by atoms with Gasteiger partial charge in [-0.1, -0.05) is 12.1 Å². The van der Waals surface area contributed by atoms with Crippen LogP contribution in [0.3, 0.4) is 0 Å². The van der Waals surface area contributed by atoms with Crippen LogP contribution in [0.4, 0.5) is 0 Å². The number of likely N-dealkylation sites (tertiary alicyclic amines) is 1. The van der Waals surface area contributed by atoms with Gasteiger partial charge in [0.25, 0.3) is 0 Å². The Morgan fingerprint density at radius 3 is 3.03 bits per heavy atom. The quantitative estimate of drug-likeness (QED) is 0.734. The number of rotatable bonds is 7. The first-order valence-corrected chi connectivity index (χ1v) is 10.9. The van der Waals surface area contributed by atoms with Crippen molar-refractivity contribution in [2.45, 2.75) is 45.2 Å². The third-order valence-corrected chi connectivity index (χ3v) is 6.97. The second kappa shape index (κ2) is 7.82. The number of amides is 1. The van der Waals surface area contributed by atoms with Crippen LogP contribution < -0.4 is 10.1 Å². The lowest BCUT2D eigenvalue weighted by molar-refractivity contribution is -0.123. The zero-order valence-electron chi connectivity index (χ0n) is 17.0. The number of imidazole rings is 1. The molecule has 1 aromatic heterocycles. The summed E-state index contributed by atoms with van der Waals surface area (Å²) >= 11 is 0. The minimum absolute atomic E-state index is 0.232. The maximum absolute atomic E-state index is 12.6. The van der Waals surface area contributed by atoms with E-state index in [-0.39, 0.29) is 17.2 Å². The predicted molar refractivity (Wildman–Crippen MR) is 111 cm³/mol. The van der Waals surface area contributed by atoms with E-state index in [1.54, 1.807) is 6.20 Å². The second-order valence-corrected chi connectivity index (χ2v) is 8.88. The third-order valence-electron chi connectivity index (χ3n) is 6.97. The minimum atomic E-state index is 0.232. The summed E-state index contributed by atoms with van der Waals surface area (Å²) in [5.41, 5.74) is 3.01. The standard InChI is InChI=1S/C23H30N4O2/c28-22(25-7-1-9-27-12-8-24-17-27)20-15-23(20)5-10-26(11-6-23)16-18-2-3-21-19(14-18)4-13-29-21/h2-3,8,12,14,17,20H,1,4-7,9-11,13,15-16H2,(H,25,28). The smallest absolute Gasteiger partial charge is 0.223 e. The van der Waals surface area contributed by atoms with Gasteiger partial charge in [0.1, 0.15) is 5.75 Å². The van der Waals surface area contributed by atoms with E-state index in [1.807, 2.05) is 12.5 Å². The van der Waals surface area contributed by atoms with Crippen LogP contribution in [-0.2, 0) is 24.3 Å². The number of piperidine rings is 1. The van der Waals surface area contributed by atoms with Gasteiger partial charge in [0.15, 0.2) is 0 Å². The first kappa shape index (κ1) is 18.7. The lowest BCUT2D eigenvalue weighted by Gasteiger charge is -2.33. The van der Waals surface area contributed by atoms with Crippen molar-refractivity contribution in [3.05, 3.63) is 48.0 Å². The number of aryl methyl sites for hydroxylation is 1. The Hall–Kier alpha value is -2.34. The number of fused-ring (bicyclic) bond motifs is 1. The largest absolute Gasteiger partial charge is 0.493 e. The van der Waals surface area contributed by atoms with Crippen LogP contribution >= 0.6 is 0 Å². The van der Waals surface area contributed by atoms with E-state index in [9.17, 15) is 4.79 Å². The number of ether oxygens (including phenoxy) is 1. The van der Waals surface area contributed by atoms with Crippen molar-refractivity contribution < 1.29 is 9.53 Å². The average molecular weight is 395 g/mol.